The Hall–Kier alpha value is -3.00. The van der Waals surface area contributed by atoms with Crippen molar-refractivity contribution in [1.29, 1.82) is 0 Å². The molecular formula is C20H22N6O2. The number of aliphatic hydroxyl groups is 1. The monoisotopic (exact) mass is 378 g/mol. The number of aliphatic hydroxyl groups excluding tert-OH is 1. The van der Waals surface area contributed by atoms with E-state index in [1.807, 2.05) is 4.90 Å². The molecule has 28 heavy (non-hydrogen) atoms. The number of nitrogen functional groups attached to an aromatic ring is 1. The highest BCUT2D eigenvalue weighted by atomic mass is 16.5. The largest absolute Gasteiger partial charge is 0.391 e. The molecule has 3 N–H and O–H groups in total. The molecule has 2 fully saturated rings. The minimum Gasteiger partial charge on any atom is -0.391 e. The second-order valence-electron chi connectivity index (χ2n) is 7.63. The van der Waals surface area contributed by atoms with Gasteiger partial charge in [-0.25, -0.2) is 9.97 Å². The number of nitrogens with two attached hydrogens (primary N) is 1. The molecule has 8 heteroatoms. The van der Waals surface area contributed by atoms with E-state index in [0.717, 1.165) is 49.2 Å². The topological polar surface area (TPSA) is 114 Å². The van der Waals surface area contributed by atoms with Crippen LogP contribution in [0.1, 0.15) is 37.1 Å². The number of hydrogen-bond donors (Lipinski definition) is 2. The normalized spacial score (nSPS) is 20.9. The molecule has 0 amide bonds. The Labute approximate surface area is 162 Å². The number of β-amino-alcohol motifs (C(OH)–C–C–N with tert-alkyl or cyclic N) is 1. The summed E-state index contributed by atoms with van der Waals surface area (Å²) in [6.45, 7) is 1.29. The van der Waals surface area contributed by atoms with Gasteiger partial charge in [0.2, 0.25) is 5.95 Å². The lowest BCUT2D eigenvalue weighted by Crippen LogP contribution is -2.36. The maximum absolute atomic E-state index is 9.75. The summed E-state index contributed by atoms with van der Waals surface area (Å²) in [5.74, 6) is 1.01. The van der Waals surface area contributed by atoms with Crippen LogP contribution in [0, 0.1) is 0 Å². The summed E-state index contributed by atoms with van der Waals surface area (Å²) < 4.78 is 5.53. The molecule has 5 rings (SSSR count). The number of aromatic nitrogens is 4. The molecule has 1 atom stereocenters. The average Bonchev–Trinajstić information content (AvgIpc) is 3.32. The molecule has 1 saturated heterocycles. The van der Waals surface area contributed by atoms with E-state index < -0.39 is 0 Å². The third-order valence-electron chi connectivity index (χ3n) is 5.93. The predicted molar refractivity (Wildman–Crippen MR) is 104 cm³/mol. The summed E-state index contributed by atoms with van der Waals surface area (Å²) in [7, 11) is 0. The second-order valence-corrected chi connectivity index (χ2v) is 7.63. The van der Waals surface area contributed by atoms with Crippen LogP contribution >= 0.6 is 0 Å². The van der Waals surface area contributed by atoms with E-state index in [1.54, 1.807) is 12.4 Å². The van der Waals surface area contributed by atoms with Crippen molar-refractivity contribution in [2.75, 3.05) is 23.7 Å². The van der Waals surface area contributed by atoms with Crippen LogP contribution in [0.3, 0.4) is 0 Å². The minimum atomic E-state index is -0.321. The molecule has 1 aliphatic heterocycles. The Morgan fingerprint density at radius 3 is 2.46 bits per heavy atom. The Morgan fingerprint density at radius 2 is 1.86 bits per heavy atom. The maximum atomic E-state index is 9.75. The molecule has 8 nitrogen and oxygen atoms in total. The average molecular weight is 378 g/mol. The zero-order chi connectivity index (χ0) is 19.1. The second kappa shape index (κ2) is 6.56. The third-order valence-corrected chi connectivity index (χ3v) is 5.93. The van der Waals surface area contributed by atoms with Crippen molar-refractivity contribution < 1.29 is 9.63 Å². The van der Waals surface area contributed by atoms with E-state index in [2.05, 4.69) is 39.4 Å². The van der Waals surface area contributed by atoms with Gasteiger partial charge in [0, 0.05) is 31.0 Å². The number of hydrogen-bond acceptors (Lipinski definition) is 8. The van der Waals surface area contributed by atoms with Gasteiger partial charge in [-0.05, 0) is 30.4 Å². The quantitative estimate of drug-likeness (QED) is 0.710. The van der Waals surface area contributed by atoms with Crippen molar-refractivity contribution in [3.63, 3.8) is 0 Å². The first-order chi connectivity index (χ1) is 13.6. The van der Waals surface area contributed by atoms with Gasteiger partial charge in [0.1, 0.15) is 0 Å². The lowest BCUT2D eigenvalue weighted by atomic mass is 9.64. The van der Waals surface area contributed by atoms with Crippen LogP contribution in [0.2, 0.25) is 0 Å². The first-order valence-corrected chi connectivity index (χ1v) is 9.60. The van der Waals surface area contributed by atoms with Gasteiger partial charge in [0.15, 0.2) is 5.82 Å². The summed E-state index contributed by atoms with van der Waals surface area (Å²) in [6.07, 6.45) is 7.01. The Morgan fingerprint density at radius 1 is 1.11 bits per heavy atom. The Kier molecular flexibility index (Phi) is 4.01. The van der Waals surface area contributed by atoms with Crippen LogP contribution in [-0.4, -0.2) is 44.4 Å². The van der Waals surface area contributed by atoms with E-state index in [0.29, 0.717) is 12.6 Å². The van der Waals surface area contributed by atoms with E-state index in [1.165, 1.54) is 5.56 Å². The van der Waals surface area contributed by atoms with E-state index in [4.69, 9.17) is 15.2 Å². The summed E-state index contributed by atoms with van der Waals surface area (Å²) >= 11 is 0. The smallest absolute Gasteiger partial charge is 0.324 e. The van der Waals surface area contributed by atoms with Gasteiger partial charge in [-0.15, -0.1) is 0 Å². The molecule has 1 aliphatic carbocycles. The highest BCUT2D eigenvalue weighted by Crippen LogP contribution is 2.48. The van der Waals surface area contributed by atoms with Crippen LogP contribution < -0.4 is 10.6 Å². The fraction of sp³-hybridized carbons (Fsp3) is 0.400. The zero-order valence-corrected chi connectivity index (χ0v) is 15.5. The molecular weight excluding hydrogens is 356 g/mol. The molecule has 0 radical (unpaired) electrons. The molecule has 144 valence electrons. The van der Waals surface area contributed by atoms with Crippen molar-refractivity contribution in [3.8, 4) is 11.1 Å². The number of rotatable bonds is 4. The van der Waals surface area contributed by atoms with Gasteiger partial charge in [-0.2, -0.15) is 4.98 Å². The van der Waals surface area contributed by atoms with Crippen molar-refractivity contribution in [1.82, 2.24) is 20.1 Å². The molecule has 3 heterocycles. The van der Waals surface area contributed by atoms with E-state index >= 15 is 0 Å². The molecule has 3 aromatic rings. The molecule has 2 aliphatic rings. The van der Waals surface area contributed by atoms with Gasteiger partial charge in [0.25, 0.3) is 0 Å². The van der Waals surface area contributed by atoms with Gasteiger partial charge in [-0.1, -0.05) is 35.8 Å². The van der Waals surface area contributed by atoms with Crippen LogP contribution in [0.4, 0.5) is 12.0 Å². The van der Waals surface area contributed by atoms with Gasteiger partial charge in [0.05, 0.1) is 11.5 Å². The van der Waals surface area contributed by atoms with E-state index in [9.17, 15) is 5.11 Å². The van der Waals surface area contributed by atoms with Crippen molar-refractivity contribution >= 4 is 12.0 Å². The highest BCUT2D eigenvalue weighted by Gasteiger charge is 2.45. The zero-order valence-electron chi connectivity index (χ0n) is 15.5. The standard InChI is InChI=1S/C20H22N6O2/c21-18-22-10-14(11-23-18)13-2-4-15(5-3-13)20(7-1-8-20)17-24-19(28-25-17)26-9-6-16(27)12-26/h2-5,10-11,16,27H,1,6-9,12H2,(H2,21,22,23). The van der Waals surface area contributed by atoms with Crippen molar-refractivity contribution in [3.05, 3.63) is 48.0 Å². The molecule has 0 bridgehead atoms. The van der Waals surface area contributed by atoms with Gasteiger partial charge in [-0.3, -0.25) is 0 Å². The molecule has 2 aromatic heterocycles. The van der Waals surface area contributed by atoms with E-state index in [-0.39, 0.29) is 17.5 Å². The fourth-order valence-electron chi connectivity index (χ4n) is 4.09. The van der Waals surface area contributed by atoms with Crippen molar-refractivity contribution in [2.45, 2.75) is 37.2 Å². The minimum absolute atomic E-state index is 0.198. The third kappa shape index (κ3) is 2.80. The predicted octanol–water partition coefficient (Wildman–Crippen LogP) is 2.15. The summed E-state index contributed by atoms with van der Waals surface area (Å²) in [6, 6.07) is 8.90. The first kappa shape index (κ1) is 17.1. The lowest BCUT2D eigenvalue weighted by Gasteiger charge is -2.39. The van der Waals surface area contributed by atoms with Crippen LogP contribution in [0.25, 0.3) is 11.1 Å². The number of benzene rings is 1. The molecule has 1 aromatic carbocycles. The highest BCUT2D eigenvalue weighted by molar-refractivity contribution is 5.62. The van der Waals surface area contributed by atoms with Crippen molar-refractivity contribution in [2.24, 2.45) is 0 Å². The fourth-order valence-corrected chi connectivity index (χ4v) is 4.09. The number of anilines is 2. The first-order valence-electron chi connectivity index (χ1n) is 9.60. The molecule has 1 saturated carbocycles. The Balaban J connectivity index is 1.42. The van der Waals surface area contributed by atoms with Crippen LogP contribution in [0.15, 0.2) is 41.2 Å². The SMILES string of the molecule is Nc1ncc(-c2ccc(C3(c4noc(N5CCC(O)C5)n4)CCC3)cc2)cn1. The van der Waals surface area contributed by atoms with Crippen LogP contribution in [0.5, 0.6) is 0 Å². The van der Waals surface area contributed by atoms with Gasteiger partial charge < -0.3 is 20.3 Å². The van der Waals surface area contributed by atoms with Crippen LogP contribution in [-0.2, 0) is 5.41 Å². The molecule has 0 spiro atoms. The summed E-state index contributed by atoms with van der Waals surface area (Å²) in [4.78, 5) is 14.8. The van der Waals surface area contributed by atoms with Gasteiger partial charge >= 0.3 is 6.01 Å². The maximum Gasteiger partial charge on any atom is 0.324 e. The summed E-state index contributed by atoms with van der Waals surface area (Å²) in [5.41, 5.74) is 8.53. The molecule has 1 unspecified atom stereocenters. The summed E-state index contributed by atoms with van der Waals surface area (Å²) in [5, 5.41) is 14.1. The number of nitrogens with zero attached hydrogens (tertiary/aromatic N) is 5. The Bertz CT molecular complexity index is 965. The lowest BCUT2D eigenvalue weighted by molar-refractivity contribution is 0.197.